The smallest absolute Gasteiger partial charge is 0.338 e. The molecule has 0 radical (unpaired) electrons. The molecule has 0 atom stereocenters. The molecule has 0 saturated heterocycles. The number of hydrogen-bond donors (Lipinski definition) is 1. The van der Waals surface area contributed by atoms with Crippen molar-refractivity contribution in [2.24, 2.45) is 0 Å². The molecule has 0 saturated carbocycles. The van der Waals surface area contributed by atoms with Gasteiger partial charge in [0, 0.05) is 11.9 Å². The Kier molecular flexibility index (Phi) is 6.49. The predicted octanol–water partition coefficient (Wildman–Crippen LogP) is 4.11. The van der Waals surface area contributed by atoms with Crippen molar-refractivity contribution in [1.82, 2.24) is 9.38 Å². The third-order valence-corrected chi connectivity index (χ3v) is 4.35. The lowest BCUT2D eigenvalue weighted by Gasteiger charge is -2.09. The molecule has 3 rings (SSSR count). The average molecular weight is 395 g/mol. The number of pyridine rings is 1. The molecule has 29 heavy (non-hydrogen) atoms. The molecule has 0 aliphatic carbocycles. The predicted molar refractivity (Wildman–Crippen MR) is 111 cm³/mol. The molecule has 2 aromatic heterocycles. The number of imidazole rings is 1. The highest BCUT2D eigenvalue weighted by atomic mass is 16.5. The fraction of sp³-hybridized carbons (Fsp3) is 0.318. The molecular weight excluding hydrogens is 370 g/mol. The Bertz CT molecular complexity index is 1010. The summed E-state index contributed by atoms with van der Waals surface area (Å²) < 4.78 is 12.5. The molecule has 0 bridgehead atoms. The van der Waals surface area contributed by atoms with Crippen molar-refractivity contribution in [2.75, 3.05) is 18.5 Å². The highest BCUT2D eigenvalue weighted by Gasteiger charge is 2.20. The van der Waals surface area contributed by atoms with Crippen molar-refractivity contribution in [3.63, 3.8) is 0 Å². The fourth-order valence-electron chi connectivity index (χ4n) is 3.00. The molecule has 0 spiro atoms. The van der Waals surface area contributed by atoms with Gasteiger partial charge in [0.25, 0.3) is 5.91 Å². The Hall–Kier alpha value is -3.35. The first-order chi connectivity index (χ1) is 14.1. The van der Waals surface area contributed by atoms with E-state index in [1.165, 1.54) is 0 Å². The summed E-state index contributed by atoms with van der Waals surface area (Å²) in [5, 5.41) is 2.88. The molecule has 3 aromatic rings. The van der Waals surface area contributed by atoms with Gasteiger partial charge in [0.05, 0.1) is 24.5 Å². The van der Waals surface area contributed by atoms with Gasteiger partial charge < -0.3 is 14.8 Å². The maximum absolute atomic E-state index is 13.0. The number of anilines is 1. The molecule has 1 amide bonds. The SMILES string of the molecule is CCCOC(=O)c1ccc(NC(=O)c2c(CC)nc3c(OCC)cccn23)cc1. The van der Waals surface area contributed by atoms with Crippen LogP contribution >= 0.6 is 0 Å². The first-order valence-corrected chi connectivity index (χ1v) is 9.80. The molecule has 1 aromatic carbocycles. The number of amides is 1. The minimum absolute atomic E-state index is 0.274. The van der Waals surface area contributed by atoms with Crippen LogP contribution < -0.4 is 10.1 Å². The van der Waals surface area contributed by atoms with Crippen LogP contribution in [0.5, 0.6) is 5.75 Å². The van der Waals surface area contributed by atoms with Gasteiger partial charge in [-0.05, 0) is 56.2 Å². The van der Waals surface area contributed by atoms with Crippen molar-refractivity contribution in [1.29, 1.82) is 0 Å². The topological polar surface area (TPSA) is 81.9 Å². The number of benzene rings is 1. The van der Waals surface area contributed by atoms with E-state index in [2.05, 4.69) is 10.3 Å². The van der Waals surface area contributed by atoms with E-state index < -0.39 is 0 Å². The van der Waals surface area contributed by atoms with Crippen molar-refractivity contribution < 1.29 is 19.1 Å². The number of hydrogen-bond acceptors (Lipinski definition) is 5. The Morgan fingerprint density at radius 3 is 2.52 bits per heavy atom. The number of fused-ring (bicyclic) bond motifs is 1. The average Bonchev–Trinajstić information content (AvgIpc) is 3.12. The lowest BCUT2D eigenvalue weighted by atomic mass is 10.2. The van der Waals surface area contributed by atoms with Crippen molar-refractivity contribution in [2.45, 2.75) is 33.6 Å². The summed E-state index contributed by atoms with van der Waals surface area (Å²) in [7, 11) is 0. The van der Waals surface area contributed by atoms with Crippen molar-refractivity contribution >= 4 is 23.2 Å². The van der Waals surface area contributed by atoms with E-state index in [-0.39, 0.29) is 11.9 Å². The second kappa shape index (κ2) is 9.23. The third kappa shape index (κ3) is 4.39. The molecule has 152 valence electrons. The number of esters is 1. The fourth-order valence-corrected chi connectivity index (χ4v) is 3.00. The highest BCUT2D eigenvalue weighted by Crippen LogP contribution is 2.23. The van der Waals surface area contributed by atoms with Gasteiger partial charge in [-0.2, -0.15) is 0 Å². The van der Waals surface area contributed by atoms with Crippen LogP contribution in [0, 0.1) is 0 Å². The summed E-state index contributed by atoms with van der Waals surface area (Å²) in [6, 6.07) is 10.3. The van der Waals surface area contributed by atoms with Gasteiger partial charge in [0.15, 0.2) is 11.4 Å². The highest BCUT2D eigenvalue weighted by molar-refractivity contribution is 6.05. The van der Waals surface area contributed by atoms with Gasteiger partial charge in [0.1, 0.15) is 5.69 Å². The zero-order chi connectivity index (χ0) is 20.8. The van der Waals surface area contributed by atoms with E-state index in [0.717, 1.165) is 6.42 Å². The van der Waals surface area contributed by atoms with Gasteiger partial charge in [-0.25, -0.2) is 9.78 Å². The molecule has 0 aliphatic rings. The number of nitrogens with one attached hydrogen (secondary N) is 1. The summed E-state index contributed by atoms with van der Waals surface area (Å²) in [6.07, 6.45) is 3.17. The number of nitrogens with zero attached hydrogens (tertiary/aromatic N) is 2. The molecule has 7 nitrogen and oxygen atoms in total. The molecule has 1 N–H and O–H groups in total. The summed E-state index contributed by atoms with van der Waals surface area (Å²) in [5.41, 5.74) is 2.80. The van der Waals surface area contributed by atoms with Crippen molar-refractivity contribution in [3.05, 3.63) is 59.5 Å². The molecule has 2 heterocycles. The van der Waals surface area contributed by atoms with Crippen LogP contribution in [0.25, 0.3) is 5.65 Å². The van der Waals surface area contributed by atoms with Crippen LogP contribution in [0.1, 0.15) is 53.7 Å². The summed E-state index contributed by atoms with van der Waals surface area (Å²) in [4.78, 5) is 29.5. The molecular formula is C22H25N3O4. The van der Waals surface area contributed by atoms with Gasteiger partial charge in [0.2, 0.25) is 0 Å². The van der Waals surface area contributed by atoms with Crippen LogP contribution in [0.4, 0.5) is 5.69 Å². The summed E-state index contributed by atoms with van der Waals surface area (Å²) in [6.45, 7) is 6.70. The quantitative estimate of drug-likeness (QED) is 0.580. The Labute approximate surface area is 169 Å². The maximum Gasteiger partial charge on any atom is 0.338 e. The Morgan fingerprint density at radius 2 is 1.86 bits per heavy atom. The minimum Gasteiger partial charge on any atom is -0.490 e. The number of carbonyl (C=O) groups excluding carboxylic acids is 2. The molecule has 7 heteroatoms. The van der Waals surface area contributed by atoms with Crippen LogP contribution in [-0.4, -0.2) is 34.5 Å². The van der Waals surface area contributed by atoms with E-state index >= 15 is 0 Å². The van der Waals surface area contributed by atoms with E-state index in [0.29, 0.717) is 53.7 Å². The Balaban J connectivity index is 1.84. The second-order valence-corrected chi connectivity index (χ2v) is 6.43. The van der Waals surface area contributed by atoms with Crippen LogP contribution in [0.3, 0.4) is 0 Å². The van der Waals surface area contributed by atoms with Crippen LogP contribution in [-0.2, 0) is 11.2 Å². The van der Waals surface area contributed by atoms with Gasteiger partial charge in [-0.3, -0.25) is 9.20 Å². The van der Waals surface area contributed by atoms with Gasteiger partial charge in [-0.15, -0.1) is 0 Å². The monoisotopic (exact) mass is 395 g/mol. The summed E-state index contributed by atoms with van der Waals surface area (Å²) in [5.74, 6) is -0.00811. The van der Waals surface area contributed by atoms with Gasteiger partial charge >= 0.3 is 5.97 Å². The van der Waals surface area contributed by atoms with E-state index in [1.807, 2.05) is 32.9 Å². The standard InChI is InChI=1S/C22H25N3O4/c1-4-14-29-22(27)15-9-11-16(12-10-15)23-21(26)19-17(5-2)24-20-18(28-6-3)8-7-13-25(19)20/h7-13H,4-6,14H2,1-3H3,(H,23,26). The second-order valence-electron chi connectivity index (χ2n) is 6.43. The molecule has 0 unspecified atom stereocenters. The summed E-state index contributed by atoms with van der Waals surface area (Å²) >= 11 is 0. The minimum atomic E-state index is -0.372. The number of rotatable bonds is 8. The third-order valence-electron chi connectivity index (χ3n) is 4.35. The first kappa shape index (κ1) is 20.4. The zero-order valence-electron chi connectivity index (χ0n) is 16.9. The normalized spacial score (nSPS) is 10.7. The van der Waals surface area contributed by atoms with Crippen LogP contribution in [0.15, 0.2) is 42.6 Å². The first-order valence-electron chi connectivity index (χ1n) is 9.80. The lowest BCUT2D eigenvalue weighted by molar-refractivity contribution is 0.0505. The number of carbonyl (C=O) groups is 2. The number of aromatic nitrogens is 2. The lowest BCUT2D eigenvalue weighted by Crippen LogP contribution is -2.16. The van der Waals surface area contributed by atoms with Crippen molar-refractivity contribution in [3.8, 4) is 5.75 Å². The maximum atomic E-state index is 13.0. The molecule has 0 aliphatic heterocycles. The zero-order valence-corrected chi connectivity index (χ0v) is 16.9. The van der Waals surface area contributed by atoms with Crippen LogP contribution in [0.2, 0.25) is 0 Å². The number of aryl methyl sites for hydroxylation is 1. The number of ether oxygens (including phenoxy) is 2. The largest absolute Gasteiger partial charge is 0.490 e. The van der Waals surface area contributed by atoms with E-state index in [4.69, 9.17) is 9.47 Å². The van der Waals surface area contributed by atoms with E-state index in [9.17, 15) is 9.59 Å². The van der Waals surface area contributed by atoms with E-state index in [1.54, 1.807) is 34.9 Å². The Morgan fingerprint density at radius 1 is 1.10 bits per heavy atom. The van der Waals surface area contributed by atoms with Gasteiger partial charge in [-0.1, -0.05) is 13.8 Å². The molecule has 0 fully saturated rings.